The summed E-state index contributed by atoms with van der Waals surface area (Å²) in [4.78, 5) is 4.10. The number of hydrogen-bond donors (Lipinski definition) is 2. The van der Waals surface area contributed by atoms with Crippen LogP contribution in [0.2, 0.25) is 0 Å². The maximum Gasteiger partial charge on any atom is 0.0300 e. The smallest absolute Gasteiger partial charge is 0.0300 e. The Morgan fingerprint density at radius 3 is 3.15 bits per heavy atom. The Kier molecular flexibility index (Phi) is 2.90. The van der Waals surface area contributed by atoms with Crippen molar-refractivity contribution < 1.29 is 0 Å². The summed E-state index contributed by atoms with van der Waals surface area (Å²) in [5.74, 6) is 0. The summed E-state index contributed by atoms with van der Waals surface area (Å²) in [6.45, 7) is 3.23. The number of nitrogens with one attached hydrogen (secondary N) is 2. The predicted octanol–water partition coefficient (Wildman–Crippen LogP) is 0.185. The molecule has 1 atom stereocenters. The fourth-order valence-corrected chi connectivity index (χ4v) is 1.66. The van der Waals surface area contributed by atoms with Gasteiger partial charge in [0.2, 0.25) is 0 Å². The SMILES string of the molecule is c1cncc(CC2CNCCN2)c1. The van der Waals surface area contributed by atoms with Crippen LogP contribution in [0, 0.1) is 0 Å². The predicted molar refractivity (Wildman–Crippen MR) is 52.6 cm³/mol. The van der Waals surface area contributed by atoms with Gasteiger partial charge in [0.15, 0.2) is 0 Å². The van der Waals surface area contributed by atoms with Gasteiger partial charge in [0.05, 0.1) is 0 Å². The molecular formula is C10H15N3. The average molecular weight is 177 g/mol. The molecule has 0 spiro atoms. The van der Waals surface area contributed by atoms with Crippen LogP contribution >= 0.6 is 0 Å². The van der Waals surface area contributed by atoms with Crippen LogP contribution in [-0.4, -0.2) is 30.7 Å². The van der Waals surface area contributed by atoms with Crippen molar-refractivity contribution in [3.63, 3.8) is 0 Å². The topological polar surface area (TPSA) is 37.0 Å². The van der Waals surface area contributed by atoms with E-state index in [1.165, 1.54) is 5.56 Å². The van der Waals surface area contributed by atoms with E-state index in [0.717, 1.165) is 26.1 Å². The highest BCUT2D eigenvalue weighted by Gasteiger charge is 2.11. The third-order valence-electron chi connectivity index (χ3n) is 2.33. The summed E-state index contributed by atoms with van der Waals surface area (Å²) in [5.41, 5.74) is 1.31. The van der Waals surface area contributed by atoms with Crippen molar-refractivity contribution in [1.29, 1.82) is 0 Å². The van der Waals surface area contributed by atoms with E-state index in [0.29, 0.717) is 6.04 Å². The van der Waals surface area contributed by atoms with Gasteiger partial charge in [0.25, 0.3) is 0 Å². The zero-order valence-corrected chi connectivity index (χ0v) is 7.66. The van der Waals surface area contributed by atoms with Crippen LogP contribution in [0.4, 0.5) is 0 Å². The molecule has 2 N–H and O–H groups in total. The lowest BCUT2D eigenvalue weighted by molar-refractivity contribution is 0.416. The first kappa shape index (κ1) is 8.66. The van der Waals surface area contributed by atoms with Gasteiger partial charge in [-0.2, -0.15) is 0 Å². The van der Waals surface area contributed by atoms with Crippen molar-refractivity contribution in [1.82, 2.24) is 15.6 Å². The monoisotopic (exact) mass is 177 g/mol. The largest absolute Gasteiger partial charge is 0.314 e. The van der Waals surface area contributed by atoms with Crippen LogP contribution in [0.3, 0.4) is 0 Å². The van der Waals surface area contributed by atoms with Crippen LogP contribution in [-0.2, 0) is 6.42 Å². The Bertz CT molecular complexity index is 242. The first-order chi connectivity index (χ1) is 6.45. The molecule has 0 amide bonds. The first-order valence-electron chi connectivity index (χ1n) is 4.78. The molecular weight excluding hydrogens is 162 g/mol. The van der Waals surface area contributed by atoms with Crippen LogP contribution in [0.15, 0.2) is 24.5 Å². The van der Waals surface area contributed by atoms with E-state index in [1.54, 1.807) is 0 Å². The molecule has 0 bridgehead atoms. The van der Waals surface area contributed by atoms with E-state index >= 15 is 0 Å². The second kappa shape index (κ2) is 4.35. The maximum atomic E-state index is 4.10. The highest BCUT2D eigenvalue weighted by Crippen LogP contribution is 2.01. The summed E-state index contributed by atoms with van der Waals surface area (Å²) < 4.78 is 0. The number of hydrogen-bond acceptors (Lipinski definition) is 3. The van der Waals surface area contributed by atoms with E-state index in [4.69, 9.17) is 0 Å². The van der Waals surface area contributed by atoms with Gasteiger partial charge in [0, 0.05) is 38.1 Å². The summed E-state index contributed by atoms with van der Waals surface area (Å²) in [5, 5.41) is 6.85. The van der Waals surface area contributed by atoms with Crippen LogP contribution in [0.25, 0.3) is 0 Å². The standard InChI is InChI=1S/C10H15N3/c1-2-9(7-11-3-1)6-10-8-12-4-5-13-10/h1-3,7,10,12-13H,4-6,8H2. The molecule has 1 aromatic heterocycles. The summed E-state index contributed by atoms with van der Waals surface area (Å²) >= 11 is 0. The average Bonchev–Trinajstić information content (AvgIpc) is 2.21. The second-order valence-corrected chi connectivity index (χ2v) is 3.42. The number of aromatic nitrogens is 1. The van der Waals surface area contributed by atoms with Gasteiger partial charge < -0.3 is 10.6 Å². The normalized spacial score (nSPS) is 22.9. The molecule has 1 fully saturated rings. The van der Waals surface area contributed by atoms with Crippen molar-refractivity contribution in [3.05, 3.63) is 30.1 Å². The van der Waals surface area contributed by atoms with E-state index in [-0.39, 0.29) is 0 Å². The molecule has 2 rings (SSSR count). The van der Waals surface area contributed by atoms with Gasteiger partial charge in [-0.05, 0) is 18.1 Å². The molecule has 1 aromatic rings. The highest BCUT2D eigenvalue weighted by atomic mass is 15.0. The van der Waals surface area contributed by atoms with Gasteiger partial charge in [-0.25, -0.2) is 0 Å². The van der Waals surface area contributed by atoms with Crippen molar-refractivity contribution in [3.8, 4) is 0 Å². The van der Waals surface area contributed by atoms with Crippen LogP contribution in [0.1, 0.15) is 5.56 Å². The zero-order chi connectivity index (χ0) is 8.93. The minimum Gasteiger partial charge on any atom is -0.314 e. The van der Waals surface area contributed by atoms with Crippen molar-refractivity contribution in [2.45, 2.75) is 12.5 Å². The van der Waals surface area contributed by atoms with Crippen LogP contribution < -0.4 is 10.6 Å². The molecule has 13 heavy (non-hydrogen) atoms. The summed E-state index contributed by atoms with van der Waals surface area (Å²) in [7, 11) is 0. The van der Waals surface area contributed by atoms with Gasteiger partial charge in [-0.15, -0.1) is 0 Å². The highest BCUT2D eigenvalue weighted by molar-refractivity contribution is 5.10. The fraction of sp³-hybridized carbons (Fsp3) is 0.500. The molecule has 3 heteroatoms. The molecule has 0 saturated carbocycles. The van der Waals surface area contributed by atoms with Crippen molar-refractivity contribution in [2.24, 2.45) is 0 Å². The van der Waals surface area contributed by atoms with Crippen LogP contribution in [0.5, 0.6) is 0 Å². The van der Waals surface area contributed by atoms with Crippen molar-refractivity contribution >= 4 is 0 Å². The van der Waals surface area contributed by atoms with Crippen molar-refractivity contribution in [2.75, 3.05) is 19.6 Å². The zero-order valence-electron chi connectivity index (χ0n) is 7.66. The van der Waals surface area contributed by atoms with Gasteiger partial charge in [0.1, 0.15) is 0 Å². The Morgan fingerprint density at radius 2 is 2.46 bits per heavy atom. The fourth-order valence-electron chi connectivity index (χ4n) is 1.66. The van der Waals surface area contributed by atoms with E-state index < -0.39 is 0 Å². The molecule has 1 aliphatic rings. The molecule has 0 radical (unpaired) electrons. The minimum atomic E-state index is 0.568. The lowest BCUT2D eigenvalue weighted by Gasteiger charge is -2.24. The summed E-state index contributed by atoms with van der Waals surface area (Å²) in [6.07, 6.45) is 4.83. The number of pyridine rings is 1. The quantitative estimate of drug-likeness (QED) is 0.677. The number of nitrogens with zero attached hydrogens (tertiary/aromatic N) is 1. The van der Waals surface area contributed by atoms with Gasteiger partial charge in [-0.1, -0.05) is 6.07 Å². The Morgan fingerprint density at radius 1 is 1.46 bits per heavy atom. The third kappa shape index (κ3) is 2.50. The third-order valence-corrected chi connectivity index (χ3v) is 2.33. The van der Waals surface area contributed by atoms with Gasteiger partial charge >= 0.3 is 0 Å². The molecule has 1 aliphatic heterocycles. The van der Waals surface area contributed by atoms with E-state index in [2.05, 4.69) is 21.7 Å². The van der Waals surface area contributed by atoms with E-state index in [9.17, 15) is 0 Å². The maximum absolute atomic E-state index is 4.10. The Hall–Kier alpha value is -0.930. The minimum absolute atomic E-state index is 0.568. The Labute approximate surface area is 78.6 Å². The second-order valence-electron chi connectivity index (χ2n) is 3.42. The lowest BCUT2D eigenvalue weighted by Crippen LogP contribution is -2.49. The molecule has 0 aromatic carbocycles. The lowest BCUT2D eigenvalue weighted by atomic mass is 10.1. The molecule has 0 aliphatic carbocycles. The molecule has 1 saturated heterocycles. The first-order valence-corrected chi connectivity index (χ1v) is 4.78. The number of piperazine rings is 1. The van der Waals surface area contributed by atoms with E-state index in [1.807, 2.05) is 18.5 Å². The molecule has 3 nitrogen and oxygen atoms in total. The number of rotatable bonds is 2. The molecule has 2 heterocycles. The summed E-state index contributed by atoms with van der Waals surface area (Å²) in [6, 6.07) is 4.69. The molecule has 1 unspecified atom stereocenters. The molecule has 70 valence electrons. The van der Waals surface area contributed by atoms with Gasteiger partial charge in [-0.3, -0.25) is 4.98 Å². The Balaban J connectivity index is 1.90.